The van der Waals surface area contributed by atoms with E-state index in [1.54, 1.807) is 0 Å². The Kier molecular flexibility index (Phi) is 10.4. The molecule has 0 amide bonds. The molecule has 192 valence electrons. The Labute approximate surface area is 215 Å². The maximum atomic E-state index is 10.7. The number of aliphatic carboxylic acids is 1. The van der Waals surface area contributed by atoms with Crippen LogP contribution in [0.1, 0.15) is 55.7 Å². The molecule has 2 aliphatic heterocycles. The number of likely N-dealkylation sites (tertiary alicyclic amines) is 1. The van der Waals surface area contributed by atoms with Gasteiger partial charge in [0.2, 0.25) is 0 Å². The number of hydrogen-bond acceptors (Lipinski definition) is 5. The van der Waals surface area contributed by atoms with E-state index in [9.17, 15) is 4.79 Å². The van der Waals surface area contributed by atoms with Crippen LogP contribution in [0.25, 0.3) is 0 Å². The Morgan fingerprint density at radius 2 is 1.71 bits per heavy atom. The molecule has 2 heterocycles. The minimum absolute atomic E-state index is 0. The van der Waals surface area contributed by atoms with Gasteiger partial charge in [-0.15, -0.1) is 12.4 Å². The van der Waals surface area contributed by atoms with Crippen molar-refractivity contribution in [2.45, 2.75) is 70.3 Å². The van der Waals surface area contributed by atoms with Crippen molar-refractivity contribution < 1.29 is 24.1 Å². The summed E-state index contributed by atoms with van der Waals surface area (Å²) in [5.74, 6) is 0.0174. The number of rotatable bonds is 10. The fourth-order valence-corrected chi connectivity index (χ4v) is 5.00. The fraction of sp³-hybridized carbons (Fsp3) is 0.536. The van der Waals surface area contributed by atoms with Crippen molar-refractivity contribution in [1.82, 2.24) is 4.90 Å². The fourth-order valence-electron chi connectivity index (χ4n) is 5.00. The van der Waals surface area contributed by atoms with Crippen molar-refractivity contribution in [3.05, 3.63) is 65.2 Å². The number of carbonyl (C=O) groups is 1. The normalized spacial score (nSPS) is 19.7. The highest BCUT2D eigenvalue weighted by Crippen LogP contribution is 2.36. The summed E-state index contributed by atoms with van der Waals surface area (Å²) in [4.78, 5) is 13.2. The van der Waals surface area contributed by atoms with E-state index in [1.165, 1.54) is 5.56 Å². The molecular formula is C28H38ClNO5. The number of aryl methyl sites for hydroxylation is 1. The molecule has 0 aromatic heterocycles. The first-order valence-electron chi connectivity index (χ1n) is 12.5. The number of carboxylic acids is 1. The minimum Gasteiger partial charge on any atom is -0.489 e. The Morgan fingerprint density at radius 3 is 2.37 bits per heavy atom. The molecule has 4 rings (SSSR count). The molecule has 2 aliphatic rings. The van der Waals surface area contributed by atoms with Crippen LogP contribution in [0.3, 0.4) is 0 Å². The first kappa shape index (κ1) is 27.5. The average Bonchev–Trinajstić information content (AvgIpc) is 2.85. The second-order valence-corrected chi connectivity index (χ2v) is 9.52. The first-order chi connectivity index (χ1) is 16.5. The lowest BCUT2D eigenvalue weighted by molar-refractivity contribution is -0.154. The lowest BCUT2D eigenvalue weighted by atomic mass is 9.83. The summed E-state index contributed by atoms with van der Waals surface area (Å²) < 4.78 is 18.0. The van der Waals surface area contributed by atoms with Gasteiger partial charge in [-0.1, -0.05) is 36.4 Å². The highest BCUT2D eigenvalue weighted by atomic mass is 35.5. The number of ether oxygens (including phenoxy) is 3. The molecule has 35 heavy (non-hydrogen) atoms. The molecular weight excluding hydrogens is 466 g/mol. The van der Waals surface area contributed by atoms with Crippen LogP contribution in [0, 0.1) is 0 Å². The smallest absolute Gasteiger partial charge is 0.303 e. The number of halogens is 1. The molecule has 2 aromatic carbocycles. The summed E-state index contributed by atoms with van der Waals surface area (Å²) >= 11 is 0. The molecule has 1 spiro atoms. The molecule has 6 nitrogen and oxygen atoms in total. The minimum atomic E-state index is -0.776. The molecule has 0 bridgehead atoms. The molecule has 0 radical (unpaired) electrons. The third kappa shape index (κ3) is 8.21. The zero-order valence-corrected chi connectivity index (χ0v) is 21.4. The monoisotopic (exact) mass is 503 g/mol. The van der Waals surface area contributed by atoms with E-state index in [1.807, 2.05) is 24.3 Å². The molecule has 2 aromatic rings. The van der Waals surface area contributed by atoms with Crippen molar-refractivity contribution >= 4 is 18.4 Å². The van der Waals surface area contributed by atoms with Crippen molar-refractivity contribution in [2.75, 3.05) is 26.3 Å². The van der Waals surface area contributed by atoms with E-state index in [4.69, 9.17) is 19.3 Å². The number of nitrogens with zero attached hydrogens (tertiary/aromatic N) is 1. The second-order valence-electron chi connectivity index (χ2n) is 9.52. The van der Waals surface area contributed by atoms with Gasteiger partial charge in [0, 0.05) is 45.7 Å². The molecule has 7 heteroatoms. The van der Waals surface area contributed by atoms with Crippen molar-refractivity contribution in [2.24, 2.45) is 0 Å². The summed E-state index contributed by atoms with van der Waals surface area (Å²) in [5.41, 5.74) is 3.48. The van der Waals surface area contributed by atoms with Crippen LogP contribution in [-0.4, -0.2) is 54.0 Å². The van der Waals surface area contributed by atoms with Gasteiger partial charge in [-0.3, -0.25) is 9.69 Å². The zero-order valence-electron chi connectivity index (χ0n) is 20.6. The summed E-state index contributed by atoms with van der Waals surface area (Å²) in [5, 5.41) is 8.79. The van der Waals surface area contributed by atoms with Gasteiger partial charge in [0.25, 0.3) is 0 Å². The number of piperidine rings is 1. The maximum Gasteiger partial charge on any atom is 0.303 e. The van der Waals surface area contributed by atoms with Crippen molar-refractivity contribution in [1.29, 1.82) is 0 Å². The molecule has 1 N–H and O–H groups in total. The van der Waals surface area contributed by atoms with Crippen LogP contribution in [-0.2, 0) is 33.8 Å². The van der Waals surface area contributed by atoms with Crippen molar-refractivity contribution in [3.8, 4) is 5.75 Å². The second kappa shape index (κ2) is 13.3. The predicted molar refractivity (Wildman–Crippen MR) is 138 cm³/mol. The molecule has 1 atom stereocenters. The standard InChI is InChI=1S/C28H37NO5.ClH/c1-2-32-26-13-18-34-28(19-26)14-16-29(17-15-28)20-23-3-5-24(6-4-23)21-33-25-10-7-22(8-11-25)9-12-27(30)31;/h3-8,10-11,26H,2,9,12-21H2,1H3,(H,30,31);1H. The number of carboxylic acid groups (broad SMARTS) is 1. The first-order valence-corrected chi connectivity index (χ1v) is 12.5. The van der Waals surface area contributed by atoms with Crippen molar-refractivity contribution in [3.63, 3.8) is 0 Å². The number of benzene rings is 2. The Morgan fingerprint density at radius 1 is 1.06 bits per heavy atom. The van der Waals surface area contributed by atoms with E-state index in [-0.39, 0.29) is 24.4 Å². The Balaban J connectivity index is 0.00000342. The number of hydrogen-bond donors (Lipinski definition) is 1. The van der Waals surface area contributed by atoms with Crippen LogP contribution in [0.5, 0.6) is 5.75 Å². The van der Waals surface area contributed by atoms with Gasteiger partial charge in [-0.2, -0.15) is 0 Å². The highest BCUT2D eigenvalue weighted by Gasteiger charge is 2.40. The van der Waals surface area contributed by atoms with Crippen LogP contribution in [0.2, 0.25) is 0 Å². The quantitative estimate of drug-likeness (QED) is 0.477. The van der Waals surface area contributed by atoms with E-state index >= 15 is 0 Å². The third-order valence-corrected chi connectivity index (χ3v) is 7.00. The van der Waals surface area contributed by atoms with Gasteiger partial charge in [0.05, 0.1) is 11.7 Å². The SMILES string of the molecule is CCOC1CCOC2(CCN(Cc3ccc(COc4ccc(CCC(=O)O)cc4)cc3)CC2)C1.Cl. The lowest BCUT2D eigenvalue weighted by Crippen LogP contribution is -2.50. The molecule has 1 unspecified atom stereocenters. The highest BCUT2D eigenvalue weighted by molar-refractivity contribution is 5.85. The van der Waals surface area contributed by atoms with Crippen LogP contribution < -0.4 is 4.74 Å². The third-order valence-electron chi connectivity index (χ3n) is 7.00. The van der Waals surface area contributed by atoms with Gasteiger partial charge in [0.1, 0.15) is 12.4 Å². The van der Waals surface area contributed by atoms with Crippen LogP contribution >= 0.6 is 12.4 Å². The molecule has 0 saturated carbocycles. The Hall–Kier alpha value is -2.12. The summed E-state index contributed by atoms with van der Waals surface area (Å²) in [6.07, 6.45) is 5.26. The summed E-state index contributed by atoms with van der Waals surface area (Å²) in [6.45, 7) is 7.28. The van der Waals surface area contributed by atoms with Crippen LogP contribution in [0.4, 0.5) is 0 Å². The molecule has 2 saturated heterocycles. The molecule has 2 fully saturated rings. The molecule has 0 aliphatic carbocycles. The zero-order chi connectivity index (χ0) is 23.8. The topological polar surface area (TPSA) is 68.2 Å². The van der Waals surface area contributed by atoms with Gasteiger partial charge in [0.15, 0.2) is 0 Å². The van der Waals surface area contributed by atoms with Gasteiger partial charge < -0.3 is 19.3 Å². The van der Waals surface area contributed by atoms with E-state index in [2.05, 4.69) is 36.1 Å². The average molecular weight is 504 g/mol. The van der Waals surface area contributed by atoms with E-state index < -0.39 is 5.97 Å². The van der Waals surface area contributed by atoms with Gasteiger partial charge in [-0.25, -0.2) is 0 Å². The predicted octanol–water partition coefficient (Wildman–Crippen LogP) is 5.25. The Bertz CT molecular complexity index is 908. The summed E-state index contributed by atoms with van der Waals surface area (Å²) in [7, 11) is 0. The lowest BCUT2D eigenvalue weighted by Gasteiger charge is -2.46. The largest absolute Gasteiger partial charge is 0.489 e. The maximum absolute atomic E-state index is 10.7. The van der Waals surface area contributed by atoms with Crippen LogP contribution in [0.15, 0.2) is 48.5 Å². The van der Waals surface area contributed by atoms with E-state index in [0.29, 0.717) is 19.1 Å². The van der Waals surface area contributed by atoms with E-state index in [0.717, 1.165) is 75.4 Å². The van der Waals surface area contributed by atoms with Gasteiger partial charge in [-0.05, 0) is 61.4 Å². The van der Waals surface area contributed by atoms with Gasteiger partial charge >= 0.3 is 5.97 Å². The summed E-state index contributed by atoms with van der Waals surface area (Å²) in [6, 6.07) is 16.3.